The quantitative estimate of drug-likeness (QED) is 0.299. The van der Waals surface area contributed by atoms with Gasteiger partial charge in [0.25, 0.3) is 5.91 Å². The van der Waals surface area contributed by atoms with Crippen LogP contribution in [0.4, 0.5) is 0 Å². The van der Waals surface area contributed by atoms with Crippen molar-refractivity contribution in [3.05, 3.63) is 87.1 Å². The van der Waals surface area contributed by atoms with Crippen LogP contribution >= 0.6 is 15.9 Å². The fourth-order valence-corrected chi connectivity index (χ4v) is 3.70. The van der Waals surface area contributed by atoms with Crippen LogP contribution in [0.25, 0.3) is 5.69 Å². The van der Waals surface area contributed by atoms with E-state index in [0.29, 0.717) is 15.6 Å². The van der Waals surface area contributed by atoms with Crippen LogP contribution in [-0.4, -0.2) is 28.8 Å². The lowest BCUT2D eigenvalue weighted by molar-refractivity contribution is 0.0377. The van der Waals surface area contributed by atoms with E-state index in [9.17, 15) is 9.59 Å². The minimum Gasteiger partial charge on any atom is -0.459 e. The highest BCUT2D eigenvalue weighted by Gasteiger charge is 2.14. The summed E-state index contributed by atoms with van der Waals surface area (Å²) in [7, 11) is 0. The number of amides is 1. The van der Waals surface area contributed by atoms with Gasteiger partial charge in [-0.3, -0.25) is 4.79 Å². The van der Waals surface area contributed by atoms with Gasteiger partial charge in [0.2, 0.25) is 0 Å². The molecule has 0 spiro atoms. The van der Waals surface area contributed by atoms with E-state index in [0.717, 1.165) is 22.6 Å². The maximum atomic E-state index is 12.3. The first-order chi connectivity index (χ1) is 14.8. The molecule has 0 fully saturated rings. The van der Waals surface area contributed by atoms with E-state index < -0.39 is 0 Å². The molecule has 31 heavy (non-hydrogen) atoms. The number of carbonyl (C=O) groups is 2. The average Bonchev–Trinajstić information content (AvgIpc) is 3.01. The summed E-state index contributed by atoms with van der Waals surface area (Å²) in [5.41, 5.74) is 7.19. The van der Waals surface area contributed by atoms with Crippen molar-refractivity contribution in [2.24, 2.45) is 5.10 Å². The van der Waals surface area contributed by atoms with Gasteiger partial charge in [-0.15, -0.1) is 0 Å². The van der Waals surface area contributed by atoms with Crippen molar-refractivity contribution in [1.82, 2.24) is 9.99 Å². The van der Waals surface area contributed by atoms with Crippen molar-refractivity contribution in [3.8, 4) is 5.69 Å². The molecule has 3 rings (SSSR count). The summed E-state index contributed by atoms with van der Waals surface area (Å²) in [6.45, 7) is 7.58. The molecule has 1 aromatic heterocycles. The second-order valence-corrected chi connectivity index (χ2v) is 8.20. The van der Waals surface area contributed by atoms with Gasteiger partial charge in [-0.1, -0.05) is 18.2 Å². The Kier molecular flexibility index (Phi) is 7.07. The smallest absolute Gasteiger partial charge is 0.338 e. The molecular formula is C24H24BrN3O3. The van der Waals surface area contributed by atoms with E-state index in [-0.39, 0.29) is 18.0 Å². The fourth-order valence-electron chi connectivity index (χ4n) is 3.24. The number of nitrogens with zero attached hydrogens (tertiary/aromatic N) is 2. The van der Waals surface area contributed by atoms with E-state index in [2.05, 4.69) is 26.5 Å². The van der Waals surface area contributed by atoms with E-state index in [1.807, 2.05) is 56.5 Å². The van der Waals surface area contributed by atoms with Crippen molar-refractivity contribution in [1.29, 1.82) is 0 Å². The average molecular weight is 482 g/mol. The van der Waals surface area contributed by atoms with Gasteiger partial charge < -0.3 is 9.30 Å². The lowest BCUT2D eigenvalue weighted by Gasteiger charge is -2.12. The minimum atomic E-state index is -0.351. The zero-order chi connectivity index (χ0) is 22.5. The second-order valence-electron chi connectivity index (χ2n) is 7.35. The maximum Gasteiger partial charge on any atom is 0.338 e. The molecule has 0 aliphatic rings. The molecule has 0 radical (unpaired) electrons. The Bertz CT molecular complexity index is 1150. The molecular weight excluding hydrogens is 458 g/mol. The van der Waals surface area contributed by atoms with Crippen molar-refractivity contribution in [3.63, 3.8) is 0 Å². The first-order valence-electron chi connectivity index (χ1n) is 9.86. The van der Waals surface area contributed by atoms with Crippen LogP contribution in [0.1, 0.15) is 51.5 Å². The highest BCUT2D eigenvalue weighted by atomic mass is 79.9. The molecule has 0 bridgehead atoms. The van der Waals surface area contributed by atoms with Crippen LogP contribution in [0.2, 0.25) is 0 Å². The number of rotatable bonds is 6. The van der Waals surface area contributed by atoms with Crippen LogP contribution in [0.15, 0.2) is 64.2 Å². The Hall–Kier alpha value is -3.19. The van der Waals surface area contributed by atoms with Crippen LogP contribution in [0.5, 0.6) is 0 Å². The summed E-state index contributed by atoms with van der Waals surface area (Å²) >= 11 is 3.36. The first kappa shape index (κ1) is 22.5. The van der Waals surface area contributed by atoms with Crippen molar-refractivity contribution in [2.45, 2.75) is 33.8 Å². The molecule has 0 atom stereocenters. The number of aryl methyl sites for hydroxylation is 1. The highest BCUT2D eigenvalue weighted by Crippen LogP contribution is 2.21. The third kappa shape index (κ3) is 5.30. The molecule has 160 valence electrons. The molecule has 7 heteroatoms. The van der Waals surface area contributed by atoms with E-state index in [4.69, 9.17) is 4.74 Å². The number of hydrazone groups is 1. The Morgan fingerprint density at radius 2 is 1.84 bits per heavy atom. The number of esters is 1. The number of nitrogens with one attached hydrogen (secondary N) is 1. The normalized spacial score (nSPS) is 11.2. The molecule has 1 heterocycles. The first-order valence-corrected chi connectivity index (χ1v) is 10.7. The van der Waals surface area contributed by atoms with E-state index in [1.165, 1.54) is 0 Å². The number of ether oxygens (including phenoxy) is 1. The topological polar surface area (TPSA) is 72.7 Å². The Balaban J connectivity index is 1.81. The Morgan fingerprint density at radius 1 is 1.10 bits per heavy atom. The summed E-state index contributed by atoms with van der Waals surface area (Å²) < 4.78 is 8.04. The van der Waals surface area contributed by atoms with Crippen LogP contribution < -0.4 is 5.43 Å². The molecule has 2 aromatic carbocycles. The molecule has 1 N–H and O–H groups in total. The van der Waals surface area contributed by atoms with Crippen molar-refractivity contribution < 1.29 is 14.3 Å². The molecule has 0 aliphatic heterocycles. The van der Waals surface area contributed by atoms with Crippen LogP contribution in [0, 0.1) is 13.8 Å². The van der Waals surface area contributed by atoms with Gasteiger partial charge in [-0.2, -0.15) is 5.10 Å². The maximum absolute atomic E-state index is 12.3. The molecule has 1 amide bonds. The number of carbonyl (C=O) groups excluding carboxylic acids is 2. The fraction of sp³-hybridized carbons (Fsp3) is 0.208. The van der Waals surface area contributed by atoms with Crippen LogP contribution in [0.3, 0.4) is 0 Å². The highest BCUT2D eigenvalue weighted by molar-refractivity contribution is 9.10. The van der Waals surface area contributed by atoms with Gasteiger partial charge in [-0.25, -0.2) is 10.2 Å². The zero-order valence-electron chi connectivity index (χ0n) is 17.8. The van der Waals surface area contributed by atoms with E-state index >= 15 is 0 Å². The van der Waals surface area contributed by atoms with Gasteiger partial charge in [0.15, 0.2) is 0 Å². The summed E-state index contributed by atoms with van der Waals surface area (Å²) in [5, 5.41) is 4.11. The Labute approximate surface area is 190 Å². The van der Waals surface area contributed by atoms with Gasteiger partial charge in [-0.05, 0) is 80.0 Å². The predicted molar refractivity (Wildman–Crippen MR) is 125 cm³/mol. The Morgan fingerprint density at radius 3 is 2.55 bits per heavy atom. The molecule has 0 saturated heterocycles. The minimum absolute atomic E-state index is 0.180. The summed E-state index contributed by atoms with van der Waals surface area (Å²) in [5.74, 6) is -0.648. The van der Waals surface area contributed by atoms with Gasteiger partial charge in [0.05, 0.1) is 23.4 Å². The molecule has 0 aliphatic carbocycles. The van der Waals surface area contributed by atoms with Gasteiger partial charge in [0, 0.05) is 27.1 Å². The standard InChI is InChI=1S/C24H24BrN3O3/c1-15(2)31-24(30)18-8-7-9-20(13-18)28-16(3)12-19(17(28)4)14-26-27-23(29)21-10-5-6-11-22(21)25/h5-15H,1-4H3,(H,27,29)/b26-14+. The zero-order valence-corrected chi connectivity index (χ0v) is 19.4. The van der Waals surface area contributed by atoms with E-state index in [1.54, 1.807) is 36.5 Å². The SMILES string of the molecule is Cc1cc(/C=N/NC(=O)c2ccccc2Br)c(C)n1-c1cccc(C(=O)OC(C)C)c1. The molecule has 3 aromatic rings. The van der Waals surface area contributed by atoms with Crippen molar-refractivity contribution >= 4 is 34.0 Å². The third-order valence-electron chi connectivity index (χ3n) is 4.64. The molecule has 6 nitrogen and oxygen atoms in total. The molecule has 0 saturated carbocycles. The van der Waals surface area contributed by atoms with Crippen LogP contribution in [-0.2, 0) is 4.74 Å². The monoisotopic (exact) mass is 481 g/mol. The number of hydrogen-bond acceptors (Lipinski definition) is 4. The molecule has 0 unspecified atom stereocenters. The van der Waals surface area contributed by atoms with Crippen molar-refractivity contribution in [2.75, 3.05) is 0 Å². The third-order valence-corrected chi connectivity index (χ3v) is 5.33. The number of benzene rings is 2. The summed E-state index contributed by atoms with van der Waals surface area (Å²) in [6, 6.07) is 16.4. The van der Waals surface area contributed by atoms with Gasteiger partial charge in [0.1, 0.15) is 0 Å². The second kappa shape index (κ2) is 9.75. The number of aromatic nitrogens is 1. The lowest BCUT2D eigenvalue weighted by Crippen LogP contribution is -2.18. The summed E-state index contributed by atoms with van der Waals surface area (Å²) in [4.78, 5) is 24.6. The van der Waals surface area contributed by atoms with Gasteiger partial charge >= 0.3 is 5.97 Å². The number of hydrogen-bond donors (Lipinski definition) is 1. The number of halogens is 1. The lowest BCUT2D eigenvalue weighted by atomic mass is 10.2. The summed E-state index contributed by atoms with van der Waals surface area (Å²) in [6.07, 6.45) is 1.44. The largest absolute Gasteiger partial charge is 0.459 e. The predicted octanol–water partition coefficient (Wildman–Crippen LogP) is 5.19.